The zero-order valence-electron chi connectivity index (χ0n) is 18.2. The van der Waals surface area contributed by atoms with E-state index in [1.165, 1.54) is 46.6 Å². The van der Waals surface area contributed by atoms with Gasteiger partial charge in [0.1, 0.15) is 11.3 Å². The number of carbonyl (C=O) groups excluding carboxylic acids is 1. The van der Waals surface area contributed by atoms with Crippen molar-refractivity contribution in [2.45, 2.75) is 37.0 Å². The molecule has 0 fully saturated rings. The number of anilines is 1. The fourth-order valence-electron chi connectivity index (χ4n) is 3.35. The van der Waals surface area contributed by atoms with Crippen molar-refractivity contribution in [2.75, 3.05) is 11.4 Å². The number of aryl methyl sites for hydroxylation is 1. The van der Waals surface area contributed by atoms with Gasteiger partial charge in [-0.2, -0.15) is 0 Å². The normalized spacial score (nSPS) is 11.9. The summed E-state index contributed by atoms with van der Waals surface area (Å²) in [6.45, 7) is 4.23. The molecule has 0 aliphatic rings. The second-order valence-corrected chi connectivity index (χ2v) is 11.3. The zero-order chi connectivity index (χ0) is 23.6. The number of sulfone groups is 1. The minimum Gasteiger partial charge on any atom is -0.337 e. The van der Waals surface area contributed by atoms with Gasteiger partial charge in [0, 0.05) is 31.0 Å². The van der Waals surface area contributed by atoms with E-state index in [-0.39, 0.29) is 16.3 Å². The molecule has 0 N–H and O–H groups in total. The van der Waals surface area contributed by atoms with Crippen LogP contribution in [-0.4, -0.2) is 40.7 Å². The topological polar surface area (TPSA) is 85.2 Å². The molecule has 0 saturated carbocycles. The highest BCUT2D eigenvalue weighted by atomic mass is 32.2. The number of halogens is 1. The SMILES string of the molecule is CC(C)S(=O)(=O)c1ccc(C(=O)N(CCCn2ccnc2)c2nc3c(F)cccc3s2)cc1. The number of fused-ring (bicyclic) bond motifs is 1. The van der Waals surface area contributed by atoms with Crippen LogP contribution in [0.25, 0.3) is 10.2 Å². The van der Waals surface area contributed by atoms with Crippen LogP contribution in [0.4, 0.5) is 9.52 Å². The van der Waals surface area contributed by atoms with E-state index in [9.17, 15) is 17.6 Å². The van der Waals surface area contributed by atoms with Gasteiger partial charge in [0.25, 0.3) is 5.91 Å². The van der Waals surface area contributed by atoms with Gasteiger partial charge in [0.2, 0.25) is 0 Å². The molecule has 0 unspecified atom stereocenters. The minimum absolute atomic E-state index is 0.169. The third-order valence-corrected chi connectivity index (χ3v) is 8.46. The Balaban J connectivity index is 1.64. The van der Waals surface area contributed by atoms with Crippen molar-refractivity contribution < 1.29 is 17.6 Å². The standard InChI is InChI=1S/C23H23FN4O3S2/c1-16(2)33(30,31)18-9-7-17(8-10-18)22(29)28(13-4-12-27-14-11-25-15-27)23-26-21-19(24)5-3-6-20(21)32-23/h3,5-11,14-16H,4,12-13H2,1-2H3. The number of thiazole rings is 1. The number of amides is 1. The molecule has 172 valence electrons. The van der Waals surface area contributed by atoms with Gasteiger partial charge in [-0.1, -0.05) is 17.4 Å². The Hall–Kier alpha value is -3.11. The van der Waals surface area contributed by atoms with Crippen LogP contribution in [0, 0.1) is 5.82 Å². The Morgan fingerprint density at radius 3 is 2.58 bits per heavy atom. The van der Waals surface area contributed by atoms with Gasteiger partial charge in [-0.3, -0.25) is 9.69 Å². The molecule has 10 heteroatoms. The molecule has 0 aliphatic carbocycles. The van der Waals surface area contributed by atoms with Gasteiger partial charge < -0.3 is 4.57 Å². The molecule has 0 bridgehead atoms. The lowest BCUT2D eigenvalue weighted by atomic mass is 10.2. The van der Waals surface area contributed by atoms with E-state index in [2.05, 4.69) is 9.97 Å². The van der Waals surface area contributed by atoms with Crippen molar-refractivity contribution >= 4 is 42.4 Å². The van der Waals surface area contributed by atoms with E-state index in [0.717, 1.165) is 0 Å². The summed E-state index contributed by atoms with van der Waals surface area (Å²) in [5.74, 6) is -0.766. The first-order valence-electron chi connectivity index (χ1n) is 10.4. The second kappa shape index (κ2) is 9.40. The summed E-state index contributed by atoms with van der Waals surface area (Å²) in [4.78, 5) is 23.5. The van der Waals surface area contributed by atoms with E-state index >= 15 is 0 Å². The molecule has 7 nitrogen and oxygen atoms in total. The minimum atomic E-state index is -3.44. The quantitative estimate of drug-likeness (QED) is 0.365. The molecule has 2 aromatic heterocycles. The third kappa shape index (κ3) is 4.81. The molecule has 0 aliphatic heterocycles. The Morgan fingerprint density at radius 1 is 1.18 bits per heavy atom. The smallest absolute Gasteiger partial charge is 0.260 e. The van der Waals surface area contributed by atoms with Crippen LogP contribution >= 0.6 is 11.3 Å². The number of para-hydroxylation sites is 1. The zero-order valence-corrected chi connectivity index (χ0v) is 19.8. The van der Waals surface area contributed by atoms with Gasteiger partial charge in [-0.25, -0.2) is 22.8 Å². The van der Waals surface area contributed by atoms with Gasteiger partial charge in [0.15, 0.2) is 15.0 Å². The summed E-state index contributed by atoms with van der Waals surface area (Å²) in [5, 5.41) is -0.166. The predicted octanol–water partition coefficient (Wildman–Crippen LogP) is 4.55. The van der Waals surface area contributed by atoms with Crippen LogP contribution < -0.4 is 4.90 Å². The van der Waals surface area contributed by atoms with Crippen molar-refractivity contribution in [3.63, 3.8) is 0 Å². The van der Waals surface area contributed by atoms with Crippen LogP contribution in [0.15, 0.2) is 66.1 Å². The van der Waals surface area contributed by atoms with Crippen molar-refractivity contribution in [1.82, 2.24) is 14.5 Å². The molecule has 2 heterocycles. The monoisotopic (exact) mass is 486 g/mol. The van der Waals surface area contributed by atoms with Crippen LogP contribution in [0.1, 0.15) is 30.6 Å². The maximum absolute atomic E-state index is 14.2. The van der Waals surface area contributed by atoms with Crippen LogP contribution in [-0.2, 0) is 16.4 Å². The number of hydrogen-bond acceptors (Lipinski definition) is 6. The number of benzene rings is 2. The number of imidazole rings is 1. The Labute approximate surface area is 195 Å². The molecule has 4 rings (SSSR count). The third-order valence-electron chi connectivity index (χ3n) is 5.24. The van der Waals surface area contributed by atoms with Gasteiger partial charge in [0.05, 0.1) is 21.2 Å². The summed E-state index contributed by atoms with van der Waals surface area (Å²) in [6, 6.07) is 10.6. The summed E-state index contributed by atoms with van der Waals surface area (Å²) >= 11 is 1.24. The van der Waals surface area contributed by atoms with E-state index in [1.54, 1.807) is 38.5 Å². The number of rotatable bonds is 8. The summed E-state index contributed by atoms with van der Waals surface area (Å²) < 4.78 is 41.6. The molecule has 0 atom stereocenters. The average molecular weight is 487 g/mol. The van der Waals surface area contributed by atoms with E-state index in [4.69, 9.17) is 0 Å². The fraction of sp³-hybridized carbons (Fsp3) is 0.261. The van der Waals surface area contributed by atoms with Crippen molar-refractivity contribution in [2.24, 2.45) is 0 Å². The number of hydrogen-bond donors (Lipinski definition) is 0. The van der Waals surface area contributed by atoms with Crippen LogP contribution in [0.2, 0.25) is 0 Å². The van der Waals surface area contributed by atoms with Crippen LogP contribution in [0.5, 0.6) is 0 Å². The number of aromatic nitrogens is 3. The number of nitrogens with zero attached hydrogens (tertiary/aromatic N) is 4. The maximum Gasteiger partial charge on any atom is 0.260 e. The first-order chi connectivity index (χ1) is 15.8. The molecule has 2 aromatic carbocycles. The van der Waals surface area contributed by atoms with Gasteiger partial charge >= 0.3 is 0 Å². The first-order valence-corrected chi connectivity index (χ1v) is 12.8. The lowest BCUT2D eigenvalue weighted by Crippen LogP contribution is -2.32. The Bertz CT molecular complexity index is 1360. The van der Waals surface area contributed by atoms with Crippen molar-refractivity contribution in [1.29, 1.82) is 0 Å². The number of carbonyl (C=O) groups is 1. The first kappa shape index (κ1) is 23.1. The molecule has 4 aromatic rings. The van der Waals surface area contributed by atoms with Gasteiger partial charge in [-0.15, -0.1) is 0 Å². The van der Waals surface area contributed by atoms with Gasteiger partial charge in [-0.05, 0) is 56.7 Å². The maximum atomic E-state index is 14.2. The average Bonchev–Trinajstić information content (AvgIpc) is 3.47. The molecule has 33 heavy (non-hydrogen) atoms. The second-order valence-electron chi connectivity index (χ2n) is 7.81. The lowest BCUT2D eigenvalue weighted by molar-refractivity contribution is 0.0986. The fourth-order valence-corrected chi connectivity index (χ4v) is 5.41. The molecule has 1 amide bonds. The Morgan fingerprint density at radius 2 is 1.94 bits per heavy atom. The molecular weight excluding hydrogens is 463 g/mol. The summed E-state index contributed by atoms with van der Waals surface area (Å²) in [6.07, 6.45) is 5.85. The van der Waals surface area contributed by atoms with E-state index in [1.807, 2.05) is 10.8 Å². The summed E-state index contributed by atoms with van der Waals surface area (Å²) in [5.41, 5.74) is 0.559. The van der Waals surface area contributed by atoms with Crippen molar-refractivity contribution in [3.8, 4) is 0 Å². The molecular formula is C23H23FN4O3S2. The van der Waals surface area contributed by atoms with Crippen LogP contribution in [0.3, 0.4) is 0 Å². The Kier molecular flexibility index (Phi) is 6.57. The molecule has 0 saturated heterocycles. The highest BCUT2D eigenvalue weighted by Gasteiger charge is 2.24. The van der Waals surface area contributed by atoms with E-state index in [0.29, 0.717) is 34.9 Å². The molecule has 0 spiro atoms. The van der Waals surface area contributed by atoms with E-state index < -0.39 is 20.9 Å². The molecule has 0 radical (unpaired) electrons. The summed E-state index contributed by atoms with van der Waals surface area (Å²) in [7, 11) is -3.44. The predicted molar refractivity (Wildman–Crippen MR) is 127 cm³/mol. The highest BCUT2D eigenvalue weighted by Crippen LogP contribution is 2.31. The lowest BCUT2D eigenvalue weighted by Gasteiger charge is -2.20. The highest BCUT2D eigenvalue weighted by molar-refractivity contribution is 7.92. The van der Waals surface area contributed by atoms with Crippen molar-refractivity contribution in [3.05, 3.63) is 72.6 Å². The largest absolute Gasteiger partial charge is 0.337 e.